The molecule has 17 heavy (non-hydrogen) atoms. The number of rotatable bonds is 5. The van der Waals surface area contributed by atoms with Gasteiger partial charge in [0.15, 0.2) is 0 Å². The first kappa shape index (κ1) is 12.1. The maximum atomic E-state index is 8.78. The molecular formula is C13H16N2OS. The van der Waals surface area contributed by atoms with Crippen LogP contribution >= 0.6 is 12.2 Å². The summed E-state index contributed by atoms with van der Waals surface area (Å²) in [5.74, 6) is 0. The van der Waals surface area contributed by atoms with Crippen molar-refractivity contribution >= 4 is 28.1 Å². The molecule has 0 aliphatic rings. The molecule has 0 bridgehead atoms. The van der Waals surface area contributed by atoms with Gasteiger partial charge >= 0.3 is 0 Å². The zero-order valence-electron chi connectivity index (χ0n) is 9.60. The third-order valence-corrected chi connectivity index (χ3v) is 3.11. The first-order valence-corrected chi connectivity index (χ1v) is 6.13. The summed E-state index contributed by atoms with van der Waals surface area (Å²) >= 11 is 5.04. The second-order valence-corrected chi connectivity index (χ2v) is 4.48. The summed E-state index contributed by atoms with van der Waals surface area (Å²) in [4.78, 5) is 0.434. The number of nitrogens with zero attached hydrogens (tertiary/aromatic N) is 1. The number of aromatic nitrogens is 1. The molecule has 1 heterocycles. The summed E-state index contributed by atoms with van der Waals surface area (Å²) in [5.41, 5.74) is 7.78. The van der Waals surface area contributed by atoms with Gasteiger partial charge in [0.25, 0.3) is 0 Å². The van der Waals surface area contributed by atoms with Crippen molar-refractivity contribution in [3.8, 4) is 0 Å². The van der Waals surface area contributed by atoms with Gasteiger partial charge in [0.05, 0.1) is 0 Å². The van der Waals surface area contributed by atoms with E-state index in [4.69, 9.17) is 23.1 Å². The van der Waals surface area contributed by atoms with Crippen LogP contribution in [0, 0.1) is 0 Å². The highest BCUT2D eigenvalue weighted by Gasteiger charge is 2.06. The topological polar surface area (TPSA) is 51.2 Å². The van der Waals surface area contributed by atoms with Crippen LogP contribution in [0.15, 0.2) is 30.5 Å². The highest BCUT2D eigenvalue weighted by Crippen LogP contribution is 2.20. The molecule has 0 aliphatic heterocycles. The van der Waals surface area contributed by atoms with Gasteiger partial charge in [-0.25, -0.2) is 0 Å². The molecule has 0 unspecified atom stereocenters. The zero-order valence-corrected chi connectivity index (χ0v) is 10.4. The number of aliphatic hydroxyl groups is 1. The van der Waals surface area contributed by atoms with Crippen LogP contribution in [-0.4, -0.2) is 21.3 Å². The second-order valence-electron chi connectivity index (χ2n) is 4.04. The van der Waals surface area contributed by atoms with Gasteiger partial charge in [-0.3, -0.25) is 0 Å². The van der Waals surface area contributed by atoms with Gasteiger partial charge in [0.2, 0.25) is 0 Å². The van der Waals surface area contributed by atoms with E-state index in [0.717, 1.165) is 35.9 Å². The number of aliphatic hydroxyl groups excluding tert-OH is 1. The molecule has 3 nitrogen and oxygen atoms in total. The average molecular weight is 248 g/mol. The molecule has 4 heteroatoms. The number of aryl methyl sites for hydroxylation is 1. The molecule has 0 saturated heterocycles. The number of unbranched alkanes of at least 4 members (excludes halogenated alkanes) is 1. The Balaban J connectivity index is 2.34. The minimum Gasteiger partial charge on any atom is -0.396 e. The molecule has 0 fully saturated rings. The number of benzene rings is 1. The number of nitrogens with two attached hydrogens (primary N) is 1. The SMILES string of the molecule is NC(=S)c1cccc2c1ccn2CCCCO. The van der Waals surface area contributed by atoms with E-state index in [0.29, 0.717) is 4.99 Å². The van der Waals surface area contributed by atoms with Crippen molar-refractivity contribution in [2.24, 2.45) is 5.73 Å². The van der Waals surface area contributed by atoms with Crippen LogP contribution in [0.25, 0.3) is 10.9 Å². The van der Waals surface area contributed by atoms with E-state index < -0.39 is 0 Å². The largest absolute Gasteiger partial charge is 0.396 e. The first-order chi connectivity index (χ1) is 8.24. The molecule has 0 amide bonds. The number of hydrogen-bond donors (Lipinski definition) is 2. The molecule has 0 radical (unpaired) electrons. The lowest BCUT2D eigenvalue weighted by Crippen LogP contribution is -2.09. The van der Waals surface area contributed by atoms with Gasteiger partial charge in [-0.05, 0) is 25.0 Å². The second kappa shape index (κ2) is 5.29. The summed E-state index contributed by atoms with van der Waals surface area (Å²) in [5, 5.41) is 9.88. The molecule has 1 aromatic heterocycles. The van der Waals surface area contributed by atoms with Gasteiger partial charge < -0.3 is 15.4 Å². The Labute approximate surface area is 106 Å². The minimum atomic E-state index is 0.247. The number of fused-ring (bicyclic) bond motifs is 1. The molecule has 0 aliphatic carbocycles. The highest BCUT2D eigenvalue weighted by molar-refractivity contribution is 7.80. The molecule has 2 aromatic rings. The van der Waals surface area contributed by atoms with Crippen LogP contribution < -0.4 is 5.73 Å². The van der Waals surface area contributed by atoms with Crippen LogP contribution in [0.4, 0.5) is 0 Å². The van der Waals surface area contributed by atoms with Crippen molar-refractivity contribution < 1.29 is 5.11 Å². The smallest absolute Gasteiger partial charge is 0.104 e. The molecule has 3 N–H and O–H groups in total. The number of thiocarbonyl (C=S) groups is 1. The molecule has 0 saturated carbocycles. The van der Waals surface area contributed by atoms with Crippen LogP contribution in [0.2, 0.25) is 0 Å². The number of hydrogen-bond acceptors (Lipinski definition) is 2. The van der Waals surface area contributed by atoms with Crippen LogP contribution in [0.1, 0.15) is 18.4 Å². The third kappa shape index (κ3) is 2.48. The molecule has 2 rings (SSSR count). The normalized spacial score (nSPS) is 10.9. The summed E-state index contributed by atoms with van der Waals surface area (Å²) < 4.78 is 2.17. The van der Waals surface area contributed by atoms with E-state index in [1.807, 2.05) is 24.4 Å². The van der Waals surface area contributed by atoms with E-state index in [-0.39, 0.29) is 6.61 Å². The van der Waals surface area contributed by atoms with Crippen molar-refractivity contribution in [2.75, 3.05) is 6.61 Å². The zero-order chi connectivity index (χ0) is 12.3. The predicted octanol–water partition coefficient (Wildman–Crippen LogP) is 2.05. The Bertz CT molecular complexity index is 533. The van der Waals surface area contributed by atoms with Crippen molar-refractivity contribution in [1.82, 2.24) is 4.57 Å². The summed E-state index contributed by atoms with van der Waals surface area (Å²) in [6.07, 6.45) is 3.84. The van der Waals surface area contributed by atoms with Gasteiger partial charge in [-0.2, -0.15) is 0 Å². The molecule has 0 atom stereocenters. The van der Waals surface area contributed by atoms with Crippen molar-refractivity contribution in [3.63, 3.8) is 0 Å². The van der Waals surface area contributed by atoms with E-state index >= 15 is 0 Å². The lowest BCUT2D eigenvalue weighted by atomic mass is 10.1. The Kier molecular flexibility index (Phi) is 3.76. The van der Waals surface area contributed by atoms with E-state index in [1.54, 1.807) is 0 Å². The van der Waals surface area contributed by atoms with Crippen molar-refractivity contribution in [3.05, 3.63) is 36.0 Å². The Morgan fingerprint density at radius 2 is 2.12 bits per heavy atom. The Hall–Kier alpha value is -1.39. The highest BCUT2D eigenvalue weighted by atomic mass is 32.1. The van der Waals surface area contributed by atoms with E-state index in [9.17, 15) is 0 Å². The predicted molar refractivity (Wildman–Crippen MR) is 74.1 cm³/mol. The van der Waals surface area contributed by atoms with Gasteiger partial charge in [-0.1, -0.05) is 24.4 Å². The van der Waals surface area contributed by atoms with Gasteiger partial charge in [-0.15, -0.1) is 0 Å². The fraction of sp³-hybridized carbons (Fsp3) is 0.308. The summed E-state index contributed by atoms with van der Waals surface area (Å²) in [7, 11) is 0. The Morgan fingerprint density at radius 1 is 1.29 bits per heavy atom. The van der Waals surface area contributed by atoms with Crippen LogP contribution in [0.3, 0.4) is 0 Å². The minimum absolute atomic E-state index is 0.247. The lowest BCUT2D eigenvalue weighted by Gasteiger charge is -2.06. The van der Waals surface area contributed by atoms with Crippen LogP contribution in [-0.2, 0) is 6.54 Å². The molecule has 1 aromatic carbocycles. The van der Waals surface area contributed by atoms with E-state index in [1.165, 1.54) is 0 Å². The summed E-state index contributed by atoms with van der Waals surface area (Å²) in [6.45, 7) is 1.15. The fourth-order valence-electron chi connectivity index (χ4n) is 2.03. The molecule has 90 valence electrons. The fourth-order valence-corrected chi connectivity index (χ4v) is 2.21. The van der Waals surface area contributed by atoms with Gasteiger partial charge in [0, 0.05) is 35.8 Å². The van der Waals surface area contributed by atoms with Crippen LogP contribution in [0.5, 0.6) is 0 Å². The molecule has 0 spiro atoms. The quantitative estimate of drug-likeness (QED) is 0.629. The molecular weight excluding hydrogens is 232 g/mol. The summed E-state index contributed by atoms with van der Waals surface area (Å²) in [6, 6.07) is 8.03. The average Bonchev–Trinajstić information content (AvgIpc) is 2.72. The first-order valence-electron chi connectivity index (χ1n) is 5.72. The van der Waals surface area contributed by atoms with Crippen molar-refractivity contribution in [1.29, 1.82) is 0 Å². The maximum Gasteiger partial charge on any atom is 0.104 e. The Morgan fingerprint density at radius 3 is 2.82 bits per heavy atom. The monoisotopic (exact) mass is 248 g/mol. The maximum absolute atomic E-state index is 8.78. The lowest BCUT2D eigenvalue weighted by molar-refractivity contribution is 0.281. The van der Waals surface area contributed by atoms with Crippen molar-refractivity contribution in [2.45, 2.75) is 19.4 Å². The third-order valence-electron chi connectivity index (χ3n) is 2.89. The standard InChI is InChI=1S/C13H16N2OS/c14-13(17)11-4-3-5-12-10(11)6-8-15(12)7-1-2-9-16/h3-6,8,16H,1-2,7,9H2,(H2,14,17). The van der Waals surface area contributed by atoms with E-state index in [2.05, 4.69) is 10.6 Å². The van der Waals surface area contributed by atoms with Gasteiger partial charge in [0.1, 0.15) is 4.99 Å².